The van der Waals surface area contributed by atoms with E-state index in [2.05, 4.69) is 20.5 Å². The van der Waals surface area contributed by atoms with E-state index >= 15 is 0 Å². The molecule has 1 aliphatic carbocycles. The van der Waals surface area contributed by atoms with Crippen molar-refractivity contribution < 1.29 is 9.53 Å². The number of pyridine rings is 1. The molecule has 2 heterocycles. The molecule has 1 aromatic carbocycles. The van der Waals surface area contributed by atoms with Crippen molar-refractivity contribution in [1.29, 1.82) is 0 Å². The van der Waals surface area contributed by atoms with Crippen molar-refractivity contribution in [2.24, 2.45) is 0 Å². The van der Waals surface area contributed by atoms with Crippen LogP contribution in [0.4, 0.5) is 17.1 Å². The van der Waals surface area contributed by atoms with Crippen molar-refractivity contribution >= 4 is 23.0 Å². The average molecular weight is 366 g/mol. The number of hydrogen-bond acceptors (Lipinski definition) is 5. The van der Waals surface area contributed by atoms with E-state index in [0.717, 1.165) is 30.2 Å². The molecule has 1 saturated heterocycles. The zero-order chi connectivity index (χ0) is 18.5. The predicted molar refractivity (Wildman–Crippen MR) is 108 cm³/mol. The highest BCUT2D eigenvalue weighted by molar-refractivity contribution is 6.04. The van der Waals surface area contributed by atoms with Crippen molar-refractivity contribution in [3.05, 3.63) is 48.3 Å². The van der Waals surface area contributed by atoms with Gasteiger partial charge in [0, 0.05) is 19.1 Å². The lowest BCUT2D eigenvalue weighted by molar-refractivity contribution is 0.102. The van der Waals surface area contributed by atoms with Gasteiger partial charge in [0.2, 0.25) is 0 Å². The first-order valence-electron chi connectivity index (χ1n) is 9.75. The Balaban J connectivity index is 1.43. The number of ether oxygens (including phenoxy) is 1. The van der Waals surface area contributed by atoms with Gasteiger partial charge in [0.25, 0.3) is 5.91 Å². The number of carbonyl (C=O) groups is 1. The number of nitrogens with one attached hydrogen (secondary N) is 2. The normalized spacial score (nSPS) is 17.7. The Kier molecular flexibility index (Phi) is 5.53. The van der Waals surface area contributed by atoms with Crippen molar-refractivity contribution in [1.82, 2.24) is 4.98 Å². The number of carbonyl (C=O) groups excluding carboxylic acids is 1. The first-order chi connectivity index (χ1) is 13.3. The van der Waals surface area contributed by atoms with Crippen LogP contribution in [0.25, 0.3) is 0 Å². The van der Waals surface area contributed by atoms with Crippen LogP contribution in [0.15, 0.2) is 42.6 Å². The molecular weight excluding hydrogens is 340 g/mol. The van der Waals surface area contributed by atoms with Gasteiger partial charge in [-0.2, -0.15) is 0 Å². The van der Waals surface area contributed by atoms with Gasteiger partial charge >= 0.3 is 0 Å². The lowest BCUT2D eigenvalue weighted by Gasteiger charge is -2.30. The zero-order valence-corrected chi connectivity index (χ0v) is 15.5. The monoisotopic (exact) mass is 366 g/mol. The summed E-state index contributed by atoms with van der Waals surface area (Å²) in [6.45, 7) is 3.07. The number of anilines is 3. The van der Waals surface area contributed by atoms with Gasteiger partial charge in [0.05, 0.1) is 36.5 Å². The number of amides is 1. The number of benzene rings is 1. The molecule has 2 aromatic rings. The van der Waals surface area contributed by atoms with Gasteiger partial charge in [-0.25, -0.2) is 4.98 Å². The highest BCUT2D eigenvalue weighted by Crippen LogP contribution is 2.27. The summed E-state index contributed by atoms with van der Waals surface area (Å²) in [6, 6.07) is 12.1. The molecule has 1 aromatic heterocycles. The van der Waals surface area contributed by atoms with E-state index in [1.807, 2.05) is 30.3 Å². The number of hydrogen-bond donors (Lipinski definition) is 2. The number of morpholine rings is 1. The Bertz CT molecular complexity index is 766. The second-order valence-corrected chi connectivity index (χ2v) is 7.13. The Hall–Kier alpha value is -2.60. The third-order valence-corrected chi connectivity index (χ3v) is 5.23. The van der Waals surface area contributed by atoms with Crippen LogP contribution in [-0.4, -0.2) is 43.2 Å². The third-order valence-electron chi connectivity index (χ3n) is 5.23. The van der Waals surface area contributed by atoms with E-state index in [1.165, 1.54) is 25.7 Å². The summed E-state index contributed by atoms with van der Waals surface area (Å²) < 4.78 is 5.43. The quantitative estimate of drug-likeness (QED) is 0.847. The fourth-order valence-electron chi connectivity index (χ4n) is 3.77. The predicted octanol–water partition coefficient (Wildman–Crippen LogP) is 3.53. The van der Waals surface area contributed by atoms with Gasteiger partial charge in [0.15, 0.2) is 0 Å². The molecule has 6 heteroatoms. The van der Waals surface area contributed by atoms with Gasteiger partial charge in [-0.1, -0.05) is 25.0 Å². The van der Waals surface area contributed by atoms with Crippen molar-refractivity contribution in [2.45, 2.75) is 31.7 Å². The second kappa shape index (κ2) is 8.39. The maximum absolute atomic E-state index is 12.7. The highest BCUT2D eigenvalue weighted by Gasteiger charge is 2.17. The molecule has 0 atom stereocenters. The molecule has 1 aliphatic heterocycles. The smallest absolute Gasteiger partial charge is 0.274 e. The minimum Gasteiger partial charge on any atom is -0.381 e. The molecule has 0 spiro atoms. The summed E-state index contributed by atoms with van der Waals surface area (Å²) in [7, 11) is 0. The minimum absolute atomic E-state index is 0.192. The van der Waals surface area contributed by atoms with Gasteiger partial charge < -0.3 is 20.3 Å². The van der Waals surface area contributed by atoms with Crippen molar-refractivity contribution in [3.63, 3.8) is 0 Å². The molecule has 2 fully saturated rings. The fourth-order valence-corrected chi connectivity index (χ4v) is 3.77. The molecular formula is C21H26N4O2. The zero-order valence-electron chi connectivity index (χ0n) is 15.5. The summed E-state index contributed by atoms with van der Waals surface area (Å²) in [6.07, 6.45) is 6.74. The van der Waals surface area contributed by atoms with Crippen LogP contribution in [0.3, 0.4) is 0 Å². The molecule has 1 amide bonds. The summed E-state index contributed by atoms with van der Waals surface area (Å²) in [5, 5.41) is 6.51. The van der Waals surface area contributed by atoms with Crippen LogP contribution in [-0.2, 0) is 4.74 Å². The lowest BCUT2D eigenvalue weighted by Crippen LogP contribution is -2.36. The van der Waals surface area contributed by atoms with Crippen LogP contribution in [0.2, 0.25) is 0 Å². The fraction of sp³-hybridized carbons (Fsp3) is 0.429. The van der Waals surface area contributed by atoms with Gasteiger partial charge in [-0.3, -0.25) is 4.79 Å². The SMILES string of the molecule is O=C(Nc1ccccc1N1CCOCC1)c1ccc(NC2CCCC2)cn1. The molecule has 27 heavy (non-hydrogen) atoms. The van der Waals surface area contributed by atoms with E-state index < -0.39 is 0 Å². The summed E-state index contributed by atoms with van der Waals surface area (Å²) in [5.41, 5.74) is 3.23. The van der Waals surface area contributed by atoms with Crippen LogP contribution >= 0.6 is 0 Å². The van der Waals surface area contributed by atoms with E-state index in [0.29, 0.717) is 24.9 Å². The maximum atomic E-state index is 12.7. The first-order valence-corrected chi connectivity index (χ1v) is 9.75. The van der Waals surface area contributed by atoms with Crippen LogP contribution in [0, 0.1) is 0 Å². The van der Waals surface area contributed by atoms with Crippen LogP contribution in [0.1, 0.15) is 36.2 Å². The number of nitrogens with zero attached hydrogens (tertiary/aromatic N) is 2. The Morgan fingerprint density at radius 2 is 1.85 bits per heavy atom. The van der Waals surface area contributed by atoms with Gasteiger partial charge in [-0.15, -0.1) is 0 Å². The molecule has 0 radical (unpaired) electrons. The largest absolute Gasteiger partial charge is 0.381 e. The molecule has 142 valence electrons. The summed E-state index contributed by atoms with van der Waals surface area (Å²) >= 11 is 0. The minimum atomic E-state index is -0.192. The maximum Gasteiger partial charge on any atom is 0.274 e. The molecule has 6 nitrogen and oxygen atoms in total. The molecule has 0 bridgehead atoms. The molecule has 2 aliphatic rings. The lowest BCUT2D eigenvalue weighted by atomic mass is 10.2. The Labute approximate surface area is 159 Å². The Morgan fingerprint density at radius 1 is 1.07 bits per heavy atom. The first kappa shape index (κ1) is 17.8. The number of rotatable bonds is 5. The molecule has 4 rings (SSSR count). The highest BCUT2D eigenvalue weighted by atomic mass is 16.5. The summed E-state index contributed by atoms with van der Waals surface area (Å²) in [4.78, 5) is 19.3. The van der Waals surface area contributed by atoms with E-state index in [-0.39, 0.29) is 5.91 Å². The Morgan fingerprint density at radius 3 is 2.59 bits per heavy atom. The topological polar surface area (TPSA) is 66.5 Å². The average Bonchev–Trinajstić information content (AvgIpc) is 3.23. The molecule has 0 unspecified atom stereocenters. The third kappa shape index (κ3) is 4.39. The van der Waals surface area contributed by atoms with Gasteiger partial charge in [-0.05, 0) is 37.1 Å². The van der Waals surface area contributed by atoms with E-state index in [1.54, 1.807) is 12.3 Å². The second-order valence-electron chi connectivity index (χ2n) is 7.13. The standard InChI is InChI=1S/C21H26N4O2/c26-21(19-10-9-17(15-22-19)23-16-5-1-2-6-16)24-18-7-3-4-8-20(18)25-11-13-27-14-12-25/h3-4,7-10,15-16,23H,1-2,5-6,11-14H2,(H,24,26). The van der Waals surface area contributed by atoms with Gasteiger partial charge in [0.1, 0.15) is 5.69 Å². The van der Waals surface area contributed by atoms with Crippen molar-refractivity contribution in [3.8, 4) is 0 Å². The molecule has 2 N–H and O–H groups in total. The number of para-hydroxylation sites is 2. The summed E-state index contributed by atoms with van der Waals surface area (Å²) in [5.74, 6) is -0.192. The van der Waals surface area contributed by atoms with Crippen molar-refractivity contribution in [2.75, 3.05) is 41.8 Å². The van der Waals surface area contributed by atoms with Crippen LogP contribution < -0.4 is 15.5 Å². The van der Waals surface area contributed by atoms with E-state index in [9.17, 15) is 4.79 Å². The van der Waals surface area contributed by atoms with E-state index in [4.69, 9.17) is 4.74 Å². The van der Waals surface area contributed by atoms with Crippen LogP contribution in [0.5, 0.6) is 0 Å². The number of aromatic nitrogens is 1. The molecule has 1 saturated carbocycles.